The first-order valence-corrected chi connectivity index (χ1v) is 6.45. The molecule has 1 aliphatic carbocycles. The lowest BCUT2D eigenvalue weighted by Crippen LogP contribution is -2.31. The van der Waals surface area contributed by atoms with Gasteiger partial charge in [0.25, 0.3) is 0 Å². The Labute approximate surface area is 113 Å². The van der Waals surface area contributed by atoms with Crippen molar-refractivity contribution in [2.75, 3.05) is 14.2 Å². The van der Waals surface area contributed by atoms with E-state index in [1.807, 2.05) is 26.0 Å². The summed E-state index contributed by atoms with van der Waals surface area (Å²) in [5.74, 6) is 0.519. The SMILES string of the molecule is COC(=O)C1(C(N)c2cc(C)c(C)cc2OC)CC1. The Kier molecular flexibility index (Phi) is 3.54. The summed E-state index contributed by atoms with van der Waals surface area (Å²) in [4.78, 5) is 11.9. The summed E-state index contributed by atoms with van der Waals surface area (Å²) < 4.78 is 10.3. The molecule has 1 fully saturated rings. The zero-order valence-electron chi connectivity index (χ0n) is 11.9. The molecule has 4 heteroatoms. The normalized spacial score (nSPS) is 17.7. The Balaban J connectivity index is 2.42. The van der Waals surface area contributed by atoms with Crippen LogP contribution in [0.4, 0.5) is 0 Å². The van der Waals surface area contributed by atoms with Crippen LogP contribution in [-0.2, 0) is 9.53 Å². The van der Waals surface area contributed by atoms with Crippen LogP contribution >= 0.6 is 0 Å². The lowest BCUT2D eigenvalue weighted by Gasteiger charge is -2.24. The van der Waals surface area contributed by atoms with Crippen LogP contribution in [0.5, 0.6) is 5.75 Å². The van der Waals surface area contributed by atoms with E-state index in [-0.39, 0.29) is 12.0 Å². The Morgan fingerprint density at radius 1 is 1.26 bits per heavy atom. The number of carbonyl (C=O) groups is 1. The van der Waals surface area contributed by atoms with Crippen molar-refractivity contribution >= 4 is 5.97 Å². The molecule has 1 atom stereocenters. The van der Waals surface area contributed by atoms with Crippen LogP contribution < -0.4 is 10.5 Å². The number of benzene rings is 1. The van der Waals surface area contributed by atoms with Crippen LogP contribution in [-0.4, -0.2) is 20.2 Å². The van der Waals surface area contributed by atoms with Gasteiger partial charge in [-0.1, -0.05) is 6.07 Å². The lowest BCUT2D eigenvalue weighted by molar-refractivity contribution is -0.148. The Morgan fingerprint density at radius 2 is 1.84 bits per heavy atom. The van der Waals surface area contributed by atoms with Crippen LogP contribution in [0, 0.1) is 19.3 Å². The van der Waals surface area contributed by atoms with E-state index in [9.17, 15) is 4.79 Å². The van der Waals surface area contributed by atoms with E-state index in [0.29, 0.717) is 0 Å². The molecule has 0 heterocycles. The summed E-state index contributed by atoms with van der Waals surface area (Å²) in [5, 5.41) is 0. The van der Waals surface area contributed by atoms with E-state index in [0.717, 1.165) is 35.3 Å². The molecule has 0 aromatic heterocycles. The fourth-order valence-electron chi connectivity index (χ4n) is 2.51. The molecule has 0 aliphatic heterocycles. The van der Waals surface area contributed by atoms with Crippen molar-refractivity contribution in [1.29, 1.82) is 0 Å². The molecule has 0 bridgehead atoms. The number of ether oxygens (including phenoxy) is 2. The highest BCUT2D eigenvalue weighted by molar-refractivity contribution is 5.81. The molecule has 1 unspecified atom stereocenters. The van der Waals surface area contributed by atoms with Gasteiger partial charge in [0.1, 0.15) is 5.75 Å². The van der Waals surface area contributed by atoms with Gasteiger partial charge in [-0.25, -0.2) is 0 Å². The van der Waals surface area contributed by atoms with Crippen LogP contribution in [0.25, 0.3) is 0 Å². The van der Waals surface area contributed by atoms with Crippen LogP contribution in [0.2, 0.25) is 0 Å². The zero-order chi connectivity index (χ0) is 14.2. The fraction of sp³-hybridized carbons (Fsp3) is 0.533. The smallest absolute Gasteiger partial charge is 0.313 e. The average molecular weight is 263 g/mol. The fourth-order valence-corrected chi connectivity index (χ4v) is 2.51. The van der Waals surface area contributed by atoms with Crippen molar-refractivity contribution < 1.29 is 14.3 Å². The van der Waals surface area contributed by atoms with Gasteiger partial charge in [-0.3, -0.25) is 4.79 Å². The molecule has 0 saturated heterocycles. The molecule has 0 amide bonds. The summed E-state index contributed by atoms with van der Waals surface area (Å²) in [5.41, 5.74) is 8.94. The van der Waals surface area contributed by atoms with Gasteiger partial charge in [-0.2, -0.15) is 0 Å². The molecule has 104 valence electrons. The van der Waals surface area contributed by atoms with E-state index in [4.69, 9.17) is 15.2 Å². The molecule has 1 saturated carbocycles. The van der Waals surface area contributed by atoms with E-state index in [1.165, 1.54) is 7.11 Å². The maximum atomic E-state index is 11.9. The predicted molar refractivity (Wildman–Crippen MR) is 73.1 cm³/mol. The topological polar surface area (TPSA) is 61.5 Å². The second kappa shape index (κ2) is 4.85. The largest absolute Gasteiger partial charge is 0.496 e. The van der Waals surface area contributed by atoms with Gasteiger partial charge in [0.15, 0.2) is 0 Å². The third-order valence-electron chi connectivity index (χ3n) is 4.16. The Hall–Kier alpha value is -1.55. The zero-order valence-corrected chi connectivity index (χ0v) is 11.9. The molecular formula is C15H21NO3. The number of nitrogens with two attached hydrogens (primary N) is 1. The van der Waals surface area contributed by atoms with Crippen molar-refractivity contribution in [3.05, 3.63) is 28.8 Å². The maximum absolute atomic E-state index is 11.9. The second-order valence-corrected chi connectivity index (χ2v) is 5.30. The molecule has 2 N–H and O–H groups in total. The van der Waals surface area contributed by atoms with Crippen molar-refractivity contribution in [3.63, 3.8) is 0 Å². The summed E-state index contributed by atoms with van der Waals surface area (Å²) in [6.45, 7) is 4.06. The third kappa shape index (κ3) is 2.21. The maximum Gasteiger partial charge on any atom is 0.313 e. The molecule has 0 radical (unpaired) electrons. The molecule has 1 aliphatic rings. The summed E-state index contributed by atoms with van der Waals surface area (Å²) in [6, 6.07) is 3.61. The molecule has 2 rings (SSSR count). The lowest BCUT2D eigenvalue weighted by atomic mass is 9.88. The number of esters is 1. The third-order valence-corrected chi connectivity index (χ3v) is 4.16. The van der Waals surface area contributed by atoms with Gasteiger partial charge in [0, 0.05) is 11.6 Å². The van der Waals surface area contributed by atoms with Crippen molar-refractivity contribution in [2.24, 2.45) is 11.1 Å². The van der Waals surface area contributed by atoms with Gasteiger partial charge in [-0.05, 0) is 43.9 Å². The van der Waals surface area contributed by atoms with Gasteiger partial charge in [0.05, 0.1) is 19.6 Å². The first-order valence-electron chi connectivity index (χ1n) is 6.45. The van der Waals surface area contributed by atoms with Gasteiger partial charge in [-0.15, -0.1) is 0 Å². The number of hydrogen-bond donors (Lipinski definition) is 1. The highest BCUT2D eigenvalue weighted by atomic mass is 16.5. The van der Waals surface area contributed by atoms with Crippen molar-refractivity contribution in [1.82, 2.24) is 0 Å². The average Bonchev–Trinajstić information content (AvgIpc) is 3.21. The van der Waals surface area contributed by atoms with Gasteiger partial charge < -0.3 is 15.2 Å². The van der Waals surface area contributed by atoms with Crippen molar-refractivity contribution in [3.8, 4) is 5.75 Å². The molecule has 19 heavy (non-hydrogen) atoms. The quantitative estimate of drug-likeness (QED) is 0.846. The van der Waals surface area contributed by atoms with Crippen LogP contribution in [0.15, 0.2) is 12.1 Å². The Morgan fingerprint density at radius 3 is 2.32 bits per heavy atom. The minimum Gasteiger partial charge on any atom is -0.496 e. The van der Waals surface area contributed by atoms with Gasteiger partial charge in [0.2, 0.25) is 0 Å². The predicted octanol–water partition coefficient (Wildman–Crippen LogP) is 2.27. The molecule has 1 aromatic rings. The Bertz CT molecular complexity index is 506. The minimum absolute atomic E-state index is 0.222. The standard InChI is InChI=1S/C15H21NO3/c1-9-7-11(12(18-3)8-10(9)2)13(16)15(5-6-15)14(17)19-4/h7-8,13H,5-6,16H2,1-4H3. The van der Waals surface area contributed by atoms with E-state index < -0.39 is 5.41 Å². The van der Waals surface area contributed by atoms with E-state index >= 15 is 0 Å². The summed E-state index contributed by atoms with van der Waals surface area (Å²) >= 11 is 0. The summed E-state index contributed by atoms with van der Waals surface area (Å²) in [7, 11) is 3.03. The second-order valence-electron chi connectivity index (χ2n) is 5.30. The van der Waals surface area contributed by atoms with Crippen LogP contribution in [0.1, 0.15) is 35.6 Å². The molecular weight excluding hydrogens is 242 g/mol. The molecule has 4 nitrogen and oxygen atoms in total. The summed E-state index contributed by atoms with van der Waals surface area (Å²) in [6.07, 6.45) is 1.55. The van der Waals surface area contributed by atoms with Crippen molar-refractivity contribution in [2.45, 2.75) is 32.7 Å². The number of methoxy groups -OCH3 is 2. The number of aryl methyl sites for hydroxylation is 2. The van der Waals surface area contributed by atoms with E-state index in [2.05, 4.69) is 0 Å². The monoisotopic (exact) mass is 263 g/mol. The minimum atomic E-state index is -0.566. The van der Waals surface area contributed by atoms with Crippen LogP contribution in [0.3, 0.4) is 0 Å². The number of hydrogen-bond acceptors (Lipinski definition) is 4. The number of rotatable bonds is 4. The first-order chi connectivity index (χ1) is 8.96. The van der Waals surface area contributed by atoms with E-state index in [1.54, 1.807) is 7.11 Å². The first kappa shape index (κ1) is 13.9. The highest BCUT2D eigenvalue weighted by Gasteiger charge is 2.56. The molecule has 0 spiro atoms. The molecule has 1 aromatic carbocycles. The highest BCUT2D eigenvalue weighted by Crippen LogP contribution is 2.56. The van der Waals surface area contributed by atoms with Gasteiger partial charge >= 0.3 is 5.97 Å². The number of carbonyl (C=O) groups excluding carboxylic acids is 1.